The molecule has 1 aliphatic heterocycles. The summed E-state index contributed by atoms with van der Waals surface area (Å²) in [7, 11) is 0. The molecule has 10 nitrogen and oxygen atoms in total. The Labute approximate surface area is 181 Å². The van der Waals surface area contributed by atoms with Gasteiger partial charge in [-0.15, -0.1) is 0 Å². The Hall–Kier alpha value is -3.43. The second kappa shape index (κ2) is 9.15. The second-order valence-electron chi connectivity index (χ2n) is 8.48. The van der Waals surface area contributed by atoms with Crippen LogP contribution in [-0.4, -0.2) is 56.6 Å². The number of aryl methyl sites for hydroxylation is 1. The maximum absolute atomic E-state index is 12.3. The van der Waals surface area contributed by atoms with Gasteiger partial charge in [0.1, 0.15) is 23.1 Å². The first-order chi connectivity index (χ1) is 14.6. The molecule has 166 valence electrons. The number of amides is 2. The molecule has 3 heterocycles. The fourth-order valence-electron chi connectivity index (χ4n) is 3.25. The van der Waals surface area contributed by atoms with E-state index >= 15 is 0 Å². The number of ether oxygens (including phenoxy) is 1. The standard InChI is InChI=1S/C21H29N7O3/c1-13-23-8-5-17(25-13)27-18-11-16(15(12-24-18)19(22)29)26-14-6-9-28(10-7-14)20(30)31-21(2,3)4/h5,8,11-12,14H,6-7,9-10H2,1-4H3,(H2,22,29)(H2,23,24,25,26,27). The number of rotatable bonds is 5. The third-order valence-electron chi connectivity index (χ3n) is 4.71. The quantitative estimate of drug-likeness (QED) is 0.663. The molecule has 3 rings (SSSR count). The van der Waals surface area contributed by atoms with Crippen molar-refractivity contribution in [1.29, 1.82) is 0 Å². The van der Waals surface area contributed by atoms with Crippen LogP contribution < -0.4 is 16.4 Å². The number of hydrogen-bond donors (Lipinski definition) is 3. The monoisotopic (exact) mass is 427 g/mol. The van der Waals surface area contributed by atoms with Gasteiger partial charge in [-0.05, 0) is 46.6 Å². The molecule has 0 radical (unpaired) electrons. The number of carbonyl (C=O) groups excluding carboxylic acids is 2. The third kappa shape index (κ3) is 6.27. The summed E-state index contributed by atoms with van der Waals surface area (Å²) in [5.41, 5.74) is 5.90. The highest BCUT2D eigenvalue weighted by atomic mass is 16.6. The molecule has 0 saturated carbocycles. The van der Waals surface area contributed by atoms with Crippen molar-refractivity contribution in [2.24, 2.45) is 5.73 Å². The van der Waals surface area contributed by atoms with E-state index in [-0.39, 0.29) is 12.1 Å². The Morgan fingerprint density at radius 3 is 2.52 bits per heavy atom. The fourth-order valence-corrected chi connectivity index (χ4v) is 3.25. The van der Waals surface area contributed by atoms with Gasteiger partial charge in [0, 0.05) is 37.6 Å². The van der Waals surface area contributed by atoms with Gasteiger partial charge in [0.25, 0.3) is 5.91 Å². The van der Waals surface area contributed by atoms with Gasteiger partial charge in [-0.25, -0.2) is 19.7 Å². The molecule has 2 aromatic heterocycles. The van der Waals surface area contributed by atoms with Crippen LogP contribution in [0.4, 0.5) is 22.1 Å². The summed E-state index contributed by atoms with van der Waals surface area (Å²) in [6.45, 7) is 8.47. The van der Waals surface area contributed by atoms with Gasteiger partial charge in [-0.2, -0.15) is 0 Å². The molecule has 0 aliphatic carbocycles. The van der Waals surface area contributed by atoms with Crippen molar-refractivity contribution < 1.29 is 14.3 Å². The normalized spacial score (nSPS) is 14.8. The molecule has 4 N–H and O–H groups in total. The number of nitrogens with one attached hydrogen (secondary N) is 2. The summed E-state index contributed by atoms with van der Waals surface area (Å²) in [4.78, 5) is 38.5. The lowest BCUT2D eigenvalue weighted by Gasteiger charge is -2.34. The van der Waals surface area contributed by atoms with E-state index < -0.39 is 11.5 Å². The summed E-state index contributed by atoms with van der Waals surface area (Å²) in [5, 5.41) is 6.49. The maximum atomic E-state index is 12.3. The van der Waals surface area contributed by atoms with E-state index in [1.807, 2.05) is 20.8 Å². The molecular weight excluding hydrogens is 398 g/mol. The minimum atomic E-state index is -0.564. The van der Waals surface area contributed by atoms with Crippen molar-refractivity contribution in [2.75, 3.05) is 23.7 Å². The molecule has 31 heavy (non-hydrogen) atoms. The van der Waals surface area contributed by atoms with E-state index in [9.17, 15) is 9.59 Å². The Morgan fingerprint density at radius 1 is 1.19 bits per heavy atom. The highest BCUT2D eigenvalue weighted by Gasteiger charge is 2.27. The van der Waals surface area contributed by atoms with Crippen molar-refractivity contribution in [1.82, 2.24) is 19.9 Å². The van der Waals surface area contributed by atoms with Crippen molar-refractivity contribution in [3.8, 4) is 0 Å². The fraction of sp³-hybridized carbons (Fsp3) is 0.476. The molecule has 1 aliphatic rings. The van der Waals surface area contributed by atoms with Gasteiger partial charge in [-0.3, -0.25) is 4.79 Å². The number of primary amides is 1. The summed E-state index contributed by atoms with van der Waals surface area (Å²) >= 11 is 0. The van der Waals surface area contributed by atoms with Crippen molar-refractivity contribution in [3.05, 3.63) is 35.9 Å². The SMILES string of the molecule is Cc1nccc(Nc2cc(NC3CCN(C(=O)OC(C)(C)C)CC3)c(C(N)=O)cn2)n1. The number of nitrogens with zero attached hydrogens (tertiary/aromatic N) is 4. The predicted molar refractivity (Wildman–Crippen MR) is 117 cm³/mol. The molecular formula is C21H29N7O3. The number of likely N-dealkylation sites (tertiary alicyclic amines) is 1. The number of hydrogen-bond acceptors (Lipinski definition) is 8. The summed E-state index contributed by atoms with van der Waals surface area (Å²) < 4.78 is 5.44. The van der Waals surface area contributed by atoms with E-state index in [0.29, 0.717) is 54.6 Å². The number of nitrogens with two attached hydrogens (primary N) is 1. The van der Waals surface area contributed by atoms with Crippen LogP contribution >= 0.6 is 0 Å². The van der Waals surface area contributed by atoms with Crippen molar-refractivity contribution >= 4 is 29.3 Å². The Bertz CT molecular complexity index is 950. The van der Waals surface area contributed by atoms with Crippen LogP contribution in [0.5, 0.6) is 0 Å². The minimum Gasteiger partial charge on any atom is -0.444 e. The molecule has 2 amide bonds. The van der Waals surface area contributed by atoms with Crippen LogP contribution in [0, 0.1) is 6.92 Å². The Balaban J connectivity index is 1.67. The van der Waals surface area contributed by atoms with E-state index in [0.717, 1.165) is 0 Å². The maximum Gasteiger partial charge on any atom is 0.410 e. The molecule has 0 spiro atoms. The number of carbonyl (C=O) groups is 2. The van der Waals surface area contributed by atoms with Gasteiger partial charge in [0.15, 0.2) is 0 Å². The van der Waals surface area contributed by atoms with E-state index in [4.69, 9.17) is 10.5 Å². The molecule has 0 aromatic carbocycles. The second-order valence-corrected chi connectivity index (χ2v) is 8.48. The van der Waals surface area contributed by atoms with Gasteiger partial charge in [-0.1, -0.05) is 0 Å². The largest absolute Gasteiger partial charge is 0.444 e. The highest BCUT2D eigenvalue weighted by Crippen LogP contribution is 2.24. The molecule has 0 bridgehead atoms. The van der Waals surface area contributed by atoms with E-state index in [1.165, 1.54) is 6.20 Å². The summed E-state index contributed by atoms with van der Waals surface area (Å²) in [6, 6.07) is 3.54. The first-order valence-corrected chi connectivity index (χ1v) is 10.2. The molecule has 2 aromatic rings. The zero-order valence-corrected chi connectivity index (χ0v) is 18.3. The topological polar surface area (TPSA) is 135 Å². The third-order valence-corrected chi connectivity index (χ3v) is 4.71. The molecule has 0 unspecified atom stereocenters. The Morgan fingerprint density at radius 2 is 1.90 bits per heavy atom. The van der Waals surface area contributed by atoms with Gasteiger partial charge in [0.05, 0.1) is 11.3 Å². The first kappa shape index (κ1) is 22.3. The Kier molecular flexibility index (Phi) is 6.57. The first-order valence-electron chi connectivity index (χ1n) is 10.2. The highest BCUT2D eigenvalue weighted by molar-refractivity contribution is 5.98. The van der Waals surface area contributed by atoms with E-state index in [1.54, 1.807) is 30.2 Å². The lowest BCUT2D eigenvalue weighted by atomic mass is 10.0. The molecule has 1 fully saturated rings. The van der Waals surface area contributed by atoms with Crippen LogP contribution in [0.1, 0.15) is 49.8 Å². The smallest absolute Gasteiger partial charge is 0.410 e. The van der Waals surface area contributed by atoms with Crippen LogP contribution in [0.2, 0.25) is 0 Å². The van der Waals surface area contributed by atoms with Gasteiger partial charge >= 0.3 is 6.09 Å². The van der Waals surface area contributed by atoms with Gasteiger partial charge < -0.3 is 26.0 Å². The lowest BCUT2D eigenvalue weighted by molar-refractivity contribution is 0.0210. The minimum absolute atomic E-state index is 0.0772. The lowest BCUT2D eigenvalue weighted by Crippen LogP contribution is -2.44. The van der Waals surface area contributed by atoms with Crippen molar-refractivity contribution in [3.63, 3.8) is 0 Å². The summed E-state index contributed by atoms with van der Waals surface area (Å²) in [5.74, 6) is 1.19. The number of anilines is 3. The van der Waals surface area contributed by atoms with E-state index in [2.05, 4.69) is 25.6 Å². The summed E-state index contributed by atoms with van der Waals surface area (Å²) in [6.07, 6.45) is 4.22. The van der Waals surface area contributed by atoms with Crippen LogP contribution in [0.25, 0.3) is 0 Å². The molecule has 10 heteroatoms. The van der Waals surface area contributed by atoms with Crippen molar-refractivity contribution in [2.45, 2.75) is 52.2 Å². The zero-order chi connectivity index (χ0) is 22.6. The average molecular weight is 428 g/mol. The zero-order valence-electron chi connectivity index (χ0n) is 18.3. The molecule has 1 saturated heterocycles. The van der Waals surface area contributed by atoms with Gasteiger partial charge in [0.2, 0.25) is 0 Å². The number of aromatic nitrogens is 3. The van der Waals surface area contributed by atoms with Crippen LogP contribution in [-0.2, 0) is 4.74 Å². The number of piperidine rings is 1. The molecule has 0 atom stereocenters. The average Bonchev–Trinajstić information content (AvgIpc) is 2.67. The predicted octanol–water partition coefficient (Wildman–Crippen LogP) is 2.83. The number of pyridine rings is 1. The van der Waals surface area contributed by atoms with Crippen LogP contribution in [0.15, 0.2) is 24.5 Å². The van der Waals surface area contributed by atoms with Crippen LogP contribution in [0.3, 0.4) is 0 Å².